The van der Waals surface area contributed by atoms with Crippen molar-refractivity contribution in [1.82, 2.24) is 16.2 Å². The van der Waals surface area contributed by atoms with Crippen LogP contribution in [0.5, 0.6) is 0 Å². The third-order valence-electron chi connectivity index (χ3n) is 3.98. The molecule has 0 saturated carbocycles. The van der Waals surface area contributed by atoms with Crippen molar-refractivity contribution in [2.45, 2.75) is 12.6 Å². The fourth-order valence-electron chi connectivity index (χ4n) is 2.73. The number of nitrogens with one attached hydrogen (secondary N) is 3. The average molecular weight is 413 g/mol. The molecule has 0 bridgehead atoms. The summed E-state index contributed by atoms with van der Waals surface area (Å²) in [4.78, 5) is 12.5. The van der Waals surface area contributed by atoms with Gasteiger partial charge in [0.15, 0.2) is 0 Å². The molecule has 0 spiro atoms. The molecule has 7 heteroatoms. The lowest BCUT2D eigenvalue weighted by molar-refractivity contribution is -0.125. The zero-order chi connectivity index (χ0) is 17.1. The van der Waals surface area contributed by atoms with Crippen LogP contribution in [0.25, 0.3) is 0 Å². The van der Waals surface area contributed by atoms with Gasteiger partial charge < -0.3 is 5.32 Å². The normalized spacial score (nSPS) is 20.1. The van der Waals surface area contributed by atoms with E-state index in [-0.39, 0.29) is 22.9 Å². The summed E-state index contributed by atoms with van der Waals surface area (Å²) in [7, 11) is 0. The van der Waals surface area contributed by atoms with E-state index in [4.69, 9.17) is 11.6 Å². The van der Waals surface area contributed by atoms with Gasteiger partial charge in [0.25, 0.3) is 0 Å². The second kappa shape index (κ2) is 7.61. The van der Waals surface area contributed by atoms with E-state index < -0.39 is 5.82 Å². The first-order valence-corrected chi connectivity index (χ1v) is 8.67. The van der Waals surface area contributed by atoms with Crippen LogP contribution in [-0.2, 0) is 11.3 Å². The maximum atomic E-state index is 13.2. The van der Waals surface area contributed by atoms with E-state index in [2.05, 4.69) is 32.1 Å². The summed E-state index contributed by atoms with van der Waals surface area (Å²) in [5.41, 5.74) is 7.97. The van der Waals surface area contributed by atoms with Gasteiger partial charge in [-0.25, -0.2) is 9.82 Å². The number of hydrogen-bond acceptors (Lipinski definition) is 3. The fraction of sp³-hybridized carbons (Fsp3) is 0.235. The number of benzene rings is 2. The van der Waals surface area contributed by atoms with Crippen LogP contribution < -0.4 is 16.2 Å². The van der Waals surface area contributed by atoms with Crippen molar-refractivity contribution in [1.29, 1.82) is 0 Å². The van der Waals surface area contributed by atoms with Crippen molar-refractivity contribution in [3.8, 4) is 0 Å². The minimum Gasteiger partial charge on any atom is -0.352 e. The molecule has 3 rings (SSSR count). The van der Waals surface area contributed by atoms with Crippen LogP contribution in [-0.4, -0.2) is 12.5 Å². The third-order valence-corrected chi connectivity index (χ3v) is 4.76. The molecule has 1 fully saturated rings. The van der Waals surface area contributed by atoms with Crippen molar-refractivity contribution in [2.75, 3.05) is 6.54 Å². The fourth-order valence-corrected chi connectivity index (χ4v) is 3.35. The van der Waals surface area contributed by atoms with Gasteiger partial charge in [0.1, 0.15) is 5.82 Å². The molecule has 24 heavy (non-hydrogen) atoms. The van der Waals surface area contributed by atoms with E-state index in [1.807, 2.05) is 24.3 Å². The molecule has 126 valence electrons. The zero-order valence-corrected chi connectivity index (χ0v) is 15.0. The lowest BCUT2D eigenvalue weighted by atomic mass is 9.94. The Morgan fingerprint density at radius 2 is 2.17 bits per heavy atom. The predicted octanol–water partition coefficient (Wildman–Crippen LogP) is 3.32. The molecule has 3 N–H and O–H groups in total. The van der Waals surface area contributed by atoms with Crippen LogP contribution in [0, 0.1) is 11.7 Å². The molecule has 2 aromatic rings. The minimum absolute atomic E-state index is 0.0537. The highest BCUT2D eigenvalue weighted by atomic mass is 79.9. The second-order valence-electron chi connectivity index (χ2n) is 5.63. The van der Waals surface area contributed by atoms with Crippen LogP contribution >= 0.6 is 27.5 Å². The maximum absolute atomic E-state index is 13.2. The number of rotatable bonds is 4. The summed E-state index contributed by atoms with van der Waals surface area (Å²) in [5, 5.41) is 2.94. The lowest BCUT2D eigenvalue weighted by Crippen LogP contribution is -2.34. The first-order chi connectivity index (χ1) is 11.5. The molecule has 4 nitrogen and oxygen atoms in total. The Bertz CT molecular complexity index is 758. The molecular formula is C17H16BrClFN3O. The number of carbonyl (C=O) groups is 1. The summed E-state index contributed by atoms with van der Waals surface area (Å²) in [6.07, 6.45) is 0. The summed E-state index contributed by atoms with van der Waals surface area (Å²) in [6.45, 7) is 0.841. The largest absolute Gasteiger partial charge is 0.352 e. The van der Waals surface area contributed by atoms with Crippen molar-refractivity contribution >= 4 is 33.4 Å². The second-order valence-corrected chi connectivity index (χ2v) is 6.95. The SMILES string of the molecule is O=C(NCc1ccc(F)c(Cl)c1)C1CNNC1c1cccc(Br)c1. The molecule has 0 radical (unpaired) electrons. The molecule has 2 atom stereocenters. The molecular weight excluding hydrogens is 397 g/mol. The molecule has 1 heterocycles. The Balaban J connectivity index is 1.66. The molecule has 1 amide bonds. The van der Waals surface area contributed by atoms with Gasteiger partial charge in [0.2, 0.25) is 5.91 Å². The molecule has 0 aromatic heterocycles. The van der Waals surface area contributed by atoms with E-state index in [1.54, 1.807) is 6.07 Å². The Labute approximate surface area is 152 Å². The van der Waals surface area contributed by atoms with Crippen molar-refractivity contribution in [3.05, 3.63) is 68.9 Å². The van der Waals surface area contributed by atoms with Gasteiger partial charge in [0.05, 0.1) is 17.0 Å². The van der Waals surface area contributed by atoms with Gasteiger partial charge in [-0.2, -0.15) is 0 Å². The van der Waals surface area contributed by atoms with Crippen molar-refractivity contribution in [2.24, 2.45) is 5.92 Å². The molecule has 1 saturated heterocycles. The first kappa shape index (κ1) is 17.4. The van der Waals surface area contributed by atoms with Gasteiger partial charge in [-0.3, -0.25) is 10.2 Å². The predicted molar refractivity (Wildman–Crippen MR) is 94.8 cm³/mol. The van der Waals surface area contributed by atoms with Gasteiger partial charge in [-0.05, 0) is 35.4 Å². The number of hydrazine groups is 1. The van der Waals surface area contributed by atoms with E-state index in [1.165, 1.54) is 12.1 Å². The van der Waals surface area contributed by atoms with E-state index in [0.717, 1.165) is 15.6 Å². The maximum Gasteiger partial charge on any atom is 0.226 e. The monoisotopic (exact) mass is 411 g/mol. The molecule has 0 aliphatic carbocycles. The van der Waals surface area contributed by atoms with Crippen molar-refractivity contribution < 1.29 is 9.18 Å². The number of halogens is 3. The average Bonchev–Trinajstić information content (AvgIpc) is 3.05. The minimum atomic E-state index is -0.467. The van der Waals surface area contributed by atoms with Crippen LogP contribution in [0.2, 0.25) is 5.02 Å². The Hall–Kier alpha value is -1.47. The molecule has 1 aliphatic heterocycles. The van der Waals surface area contributed by atoms with E-state index >= 15 is 0 Å². The highest BCUT2D eigenvalue weighted by molar-refractivity contribution is 9.10. The lowest BCUT2D eigenvalue weighted by Gasteiger charge is -2.19. The quantitative estimate of drug-likeness (QED) is 0.722. The first-order valence-electron chi connectivity index (χ1n) is 7.50. The summed E-state index contributed by atoms with van der Waals surface area (Å²) >= 11 is 9.21. The van der Waals surface area contributed by atoms with Crippen LogP contribution in [0.4, 0.5) is 4.39 Å². The van der Waals surface area contributed by atoms with Crippen LogP contribution in [0.3, 0.4) is 0 Å². The van der Waals surface area contributed by atoms with Crippen LogP contribution in [0.15, 0.2) is 46.9 Å². The Kier molecular flexibility index (Phi) is 5.50. The van der Waals surface area contributed by atoms with E-state index in [0.29, 0.717) is 13.1 Å². The third kappa shape index (κ3) is 3.95. The molecule has 1 aliphatic rings. The Morgan fingerprint density at radius 1 is 1.33 bits per heavy atom. The topological polar surface area (TPSA) is 53.2 Å². The Morgan fingerprint density at radius 3 is 2.92 bits per heavy atom. The van der Waals surface area contributed by atoms with Gasteiger partial charge >= 0.3 is 0 Å². The highest BCUT2D eigenvalue weighted by Crippen LogP contribution is 2.27. The number of carbonyl (C=O) groups excluding carboxylic acids is 1. The standard InChI is InChI=1S/C17H16BrClFN3O/c18-12-3-1-2-11(7-12)16-13(9-22-23-16)17(24)21-8-10-4-5-15(20)14(19)6-10/h1-7,13,16,22-23H,8-9H2,(H,21,24). The highest BCUT2D eigenvalue weighted by Gasteiger charge is 2.33. The molecule has 2 aromatic carbocycles. The summed E-state index contributed by atoms with van der Waals surface area (Å²) in [6, 6.07) is 12.2. The number of hydrogen-bond donors (Lipinski definition) is 3. The zero-order valence-electron chi connectivity index (χ0n) is 12.7. The number of amides is 1. The van der Waals surface area contributed by atoms with Gasteiger partial charge in [-0.15, -0.1) is 0 Å². The summed E-state index contributed by atoms with van der Waals surface area (Å²) in [5.74, 6) is -0.779. The van der Waals surface area contributed by atoms with Crippen molar-refractivity contribution in [3.63, 3.8) is 0 Å². The van der Waals surface area contributed by atoms with Gasteiger partial charge in [-0.1, -0.05) is 45.7 Å². The molecule has 2 unspecified atom stereocenters. The van der Waals surface area contributed by atoms with E-state index in [9.17, 15) is 9.18 Å². The smallest absolute Gasteiger partial charge is 0.226 e. The summed E-state index contributed by atoms with van der Waals surface area (Å²) < 4.78 is 14.1. The van der Waals surface area contributed by atoms with Gasteiger partial charge in [0, 0.05) is 17.6 Å². The van der Waals surface area contributed by atoms with Crippen LogP contribution in [0.1, 0.15) is 17.2 Å².